The smallest absolute Gasteiger partial charge is 0.308 e. The molecule has 5 nitrogen and oxygen atoms in total. The van der Waals surface area contributed by atoms with Crippen LogP contribution in [0.15, 0.2) is 0 Å². The van der Waals surface area contributed by atoms with Crippen LogP contribution in [-0.4, -0.2) is 33.5 Å². The van der Waals surface area contributed by atoms with Crippen molar-refractivity contribution in [2.75, 3.05) is 0 Å². The predicted molar refractivity (Wildman–Crippen MR) is 57.3 cm³/mol. The van der Waals surface area contributed by atoms with Crippen molar-refractivity contribution < 1.29 is 19.7 Å². The summed E-state index contributed by atoms with van der Waals surface area (Å²) in [7, 11) is 0. The molecule has 16 heavy (non-hydrogen) atoms. The molecular weight excluding hydrogens is 210 g/mol. The van der Waals surface area contributed by atoms with Crippen LogP contribution in [0.1, 0.15) is 40.5 Å². The molecular formula is C11H19NO4. The van der Waals surface area contributed by atoms with Gasteiger partial charge in [-0.25, -0.2) is 0 Å². The maximum Gasteiger partial charge on any atom is 0.308 e. The van der Waals surface area contributed by atoms with E-state index in [1.807, 2.05) is 0 Å². The van der Waals surface area contributed by atoms with Gasteiger partial charge in [0.15, 0.2) is 5.60 Å². The molecule has 0 saturated heterocycles. The first-order valence-corrected chi connectivity index (χ1v) is 5.09. The first kappa shape index (κ1) is 14.9. The summed E-state index contributed by atoms with van der Waals surface area (Å²) in [5.41, 5.74) is -2.23. The Hall–Kier alpha value is -1.12. The van der Waals surface area contributed by atoms with E-state index in [2.05, 4.69) is 0 Å². The number of hydrogen-bond donors (Lipinski definition) is 2. The Kier molecular flexibility index (Phi) is 4.91. The van der Waals surface area contributed by atoms with E-state index < -0.39 is 23.3 Å². The van der Waals surface area contributed by atoms with Gasteiger partial charge < -0.3 is 14.9 Å². The summed E-state index contributed by atoms with van der Waals surface area (Å²) >= 11 is 0. The van der Waals surface area contributed by atoms with Gasteiger partial charge in [-0.15, -0.1) is 0 Å². The molecule has 0 bridgehead atoms. The van der Waals surface area contributed by atoms with Gasteiger partial charge in [-0.1, -0.05) is 0 Å². The number of esters is 1. The number of hydrogen-bond acceptors (Lipinski definition) is 5. The molecule has 0 rings (SSSR count). The molecule has 5 heteroatoms. The molecule has 92 valence electrons. The molecule has 0 aromatic rings. The van der Waals surface area contributed by atoms with Gasteiger partial charge in [0.2, 0.25) is 0 Å². The van der Waals surface area contributed by atoms with Gasteiger partial charge in [0.25, 0.3) is 0 Å². The summed E-state index contributed by atoms with van der Waals surface area (Å²) in [6.45, 7) is 6.46. The number of nitrogens with zero attached hydrogens (tertiary/aromatic N) is 1. The number of carbonyl (C=O) groups is 1. The lowest BCUT2D eigenvalue weighted by Gasteiger charge is -2.22. The lowest BCUT2D eigenvalue weighted by molar-refractivity contribution is -0.157. The van der Waals surface area contributed by atoms with Crippen LogP contribution in [0, 0.1) is 11.3 Å². The minimum Gasteiger partial charge on any atom is -0.460 e. The number of carbonyl (C=O) groups excluding carboxylic acids is 1. The van der Waals surface area contributed by atoms with E-state index in [4.69, 9.17) is 10.00 Å². The van der Waals surface area contributed by atoms with Crippen LogP contribution < -0.4 is 0 Å². The van der Waals surface area contributed by atoms with Crippen molar-refractivity contribution in [2.45, 2.75) is 57.8 Å². The van der Waals surface area contributed by atoms with Crippen molar-refractivity contribution in [2.24, 2.45) is 0 Å². The Morgan fingerprint density at radius 3 is 2.31 bits per heavy atom. The zero-order valence-electron chi connectivity index (χ0n) is 10.1. The fraction of sp³-hybridized carbons (Fsp3) is 0.818. The normalized spacial score (nSPS) is 17.1. The number of ether oxygens (including phenoxy) is 1. The molecule has 0 aliphatic rings. The van der Waals surface area contributed by atoms with Gasteiger partial charge in [0.1, 0.15) is 5.60 Å². The third kappa shape index (κ3) is 7.21. The molecule has 0 heterocycles. The Balaban J connectivity index is 4.13. The van der Waals surface area contributed by atoms with Gasteiger partial charge in [-0.3, -0.25) is 4.79 Å². The summed E-state index contributed by atoms with van der Waals surface area (Å²) in [4.78, 5) is 11.3. The minimum absolute atomic E-state index is 0.178. The third-order valence-corrected chi connectivity index (χ3v) is 1.70. The maximum absolute atomic E-state index is 11.3. The van der Waals surface area contributed by atoms with Crippen molar-refractivity contribution in [1.82, 2.24) is 0 Å². The second-order valence-corrected chi connectivity index (χ2v) is 5.03. The predicted octanol–water partition coefficient (Wildman–Crippen LogP) is 0.744. The first-order chi connectivity index (χ1) is 7.06. The molecule has 0 aromatic carbocycles. The van der Waals surface area contributed by atoms with Crippen LogP contribution in [0.2, 0.25) is 0 Å². The monoisotopic (exact) mass is 229 g/mol. The van der Waals surface area contributed by atoms with Crippen LogP contribution in [0.25, 0.3) is 0 Å². The van der Waals surface area contributed by atoms with Gasteiger partial charge in [-0.2, -0.15) is 5.26 Å². The molecule has 2 N–H and O–H groups in total. The highest BCUT2D eigenvalue weighted by atomic mass is 16.6. The van der Waals surface area contributed by atoms with E-state index in [0.717, 1.165) is 0 Å². The van der Waals surface area contributed by atoms with Gasteiger partial charge in [0.05, 0.1) is 18.6 Å². The van der Waals surface area contributed by atoms with Crippen molar-refractivity contribution in [3.63, 3.8) is 0 Å². The molecule has 0 unspecified atom stereocenters. The van der Waals surface area contributed by atoms with Crippen molar-refractivity contribution >= 4 is 5.97 Å². The van der Waals surface area contributed by atoms with E-state index in [9.17, 15) is 15.0 Å². The second kappa shape index (κ2) is 5.28. The number of nitriles is 1. The SMILES string of the molecule is CC(C)(C)OC(=O)C[C@H](O)C[C@@](C)(O)C#N. The topological polar surface area (TPSA) is 90.6 Å². The average molecular weight is 229 g/mol. The summed E-state index contributed by atoms with van der Waals surface area (Å²) in [6.07, 6.45) is -1.48. The van der Waals surface area contributed by atoms with E-state index in [0.29, 0.717) is 0 Å². The molecule has 0 radical (unpaired) electrons. The summed E-state index contributed by atoms with van der Waals surface area (Å²) in [5, 5.41) is 27.4. The largest absolute Gasteiger partial charge is 0.460 e. The number of rotatable bonds is 4. The highest BCUT2D eigenvalue weighted by Gasteiger charge is 2.27. The zero-order valence-corrected chi connectivity index (χ0v) is 10.1. The van der Waals surface area contributed by atoms with Gasteiger partial charge in [-0.05, 0) is 27.7 Å². The van der Waals surface area contributed by atoms with E-state index in [1.165, 1.54) is 6.92 Å². The summed E-state index contributed by atoms with van der Waals surface area (Å²) in [6, 6.07) is 1.64. The molecule has 0 aliphatic heterocycles. The van der Waals surface area contributed by atoms with Gasteiger partial charge >= 0.3 is 5.97 Å². The first-order valence-electron chi connectivity index (χ1n) is 5.09. The number of aliphatic hydroxyl groups excluding tert-OH is 1. The molecule has 0 amide bonds. The third-order valence-electron chi connectivity index (χ3n) is 1.70. The van der Waals surface area contributed by atoms with Gasteiger partial charge in [0, 0.05) is 6.42 Å². The Labute approximate surface area is 95.6 Å². The minimum atomic E-state index is -1.62. The Bertz CT molecular complexity index is 285. The zero-order chi connectivity index (χ0) is 13.0. The summed E-state index contributed by atoms with van der Waals surface area (Å²) < 4.78 is 4.99. The van der Waals surface area contributed by atoms with Crippen LogP contribution in [0.5, 0.6) is 0 Å². The van der Waals surface area contributed by atoms with Crippen molar-refractivity contribution in [3.05, 3.63) is 0 Å². The lowest BCUT2D eigenvalue weighted by atomic mass is 9.98. The Morgan fingerprint density at radius 2 is 1.94 bits per heavy atom. The molecule has 0 saturated carbocycles. The van der Waals surface area contributed by atoms with Crippen molar-refractivity contribution in [1.29, 1.82) is 5.26 Å². The fourth-order valence-corrected chi connectivity index (χ4v) is 1.15. The summed E-state index contributed by atoms with van der Waals surface area (Å²) in [5.74, 6) is -0.547. The fourth-order valence-electron chi connectivity index (χ4n) is 1.15. The van der Waals surface area contributed by atoms with E-state index >= 15 is 0 Å². The molecule has 0 fully saturated rings. The molecule has 0 spiro atoms. The molecule has 0 aliphatic carbocycles. The lowest BCUT2D eigenvalue weighted by Crippen LogP contribution is -2.31. The number of aliphatic hydroxyl groups is 2. The van der Waals surface area contributed by atoms with Crippen LogP contribution in [0.3, 0.4) is 0 Å². The van der Waals surface area contributed by atoms with Crippen LogP contribution in [0.4, 0.5) is 0 Å². The van der Waals surface area contributed by atoms with E-state index in [-0.39, 0.29) is 12.8 Å². The van der Waals surface area contributed by atoms with E-state index in [1.54, 1.807) is 26.8 Å². The van der Waals surface area contributed by atoms with Crippen molar-refractivity contribution in [3.8, 4) is 6.07 Å². The van der Waals surface area contributed by atoms with Crippen LogP contribution >= 0.6 is 0 Å². The molecule has 2 atom stereocenters. The standard InChI is InChI=1S/C11H19NO4/c1-10(2,3)16-9(14)5-8(13)6-11(4,15)7-12/h8,13,15H,5-6H2,1-4H3/t8-,11+/m0/s1. The second-order valence-electron chi connectivity index (χ2n) is 5.03. The highest BCUT2D eigenvalue weighted by Crippen LogP contribution is 2.15. The average Bonchev–Trinajstić information content (AvgIpc) is 1.98. The maximum atomic E-state index is 11.3. The Morgan fingerprint density at radius 1 is 1.44 bits per heavy atom. The highest BCUT2D eigenvalue weighted by molar-refractivity contribution is 5.70. The quantitative estimate of drug-likeness (QED) is 0.548. The van der Waals surface area contributed by atoms with Crippen LogP contribution in [-0.2, 0) is 9.53 Å². The molecule has 0 aromatic heterocycles.